The van der Waals surface area contributed by atoms with Crippen LogP contribution in [-0.2, 0) is 11.8 Å². The highest BCUT2D eigenvalue weighted by Crippen LogP contribution is 2.30. The second-order valence-electron chi connectivity index (χ2n) is 5.04. The molecule has 0 bridgehead atoms. The van der Waals surface area contributed by atoms with E-state index >= 15 is 0 Å². The Morgan fingerprint density at radius 1 is 1.35 bits per heavy atom. The molecule has 1 unspecified atom stereocenters. The van der Waals surface area contributed by atoms with Crippen molar-refractivity contribution in [1.82, 2.24) is 24.6 Å². The second kappa shape index (κ2) is 5.03. The lowest BCUT2D eigenvalue weighted by Crippen LogP contribution is -2.28. The molecule has 6 heteroatoms. The zero-order valence-electron chi connectivity index (χ0n) is 11.7. The summed E-state index contributed by atoms with van der Waals surface area (Å²) in [5, 5.41) is 4.12. The molecule has 1 atom stereocenters. The molecular weight excluding hydrogens is 254 g/mol. The van der Waals surface area contributed by atoms with Crippen molar-refractivity contribution in [2.24, 2.45) is 7.05 Å². The summed E-state index contributed by atoms with van der Waals surface area (Å²) in [5.41, 5.74) is 2.59. The fourth-order valence-corrected chi connectivity index (χ4v) is 2.72. The van der Waals surface area contributed by atoms with Crippen molar-refractivity contribution in [2.45, 2.75) is 25.8 Å². The van der Waals surface area contributed by atoms with Crippen LogP contribution in [0.5, 0.6) is 0 Å². The third kappa shape index (κ3) is 2.17. The van der Waals surface area contributed by atoms with Gasteiger partial charge in [-0.05, 0) is 18.9 Å². The molecule has 1 aliphatic rings. The van der Waals surface area contributed by atoms with Gasteiger partial charge in [-0.3, -0.25) is 19.4 Å². The first kappa shape index (κ1) is 12.8. The van der Waals surface area contributed by atoms with Gasteiger partial charge in [-0.15, -0.1) is 0 Å². The fourth-order valence-electron chi connectivity index (χ4n) is 2.72. The minimum Gasteiger partial charge on any atom is -0.334 e. The molecule has 2 aromatic heterocycles. The summed E-state index contributed by atoms with van der Waals surface area (Å²) >= 11 is 0. The Bertz CT molecular complexity index is 619. The molecule has 1 saturated heterocycles. The van der Waals surface area contributed by atoms with Crippen LogP contribution in [0.2, 0.25) is 0 Å². The molecule has 3 heterocycles. The molecule has 1 aliphatic heterocycles. The number of hydrogen-bond donors (Lipinski definition) is 0. The molecule has 1 amide bonds. The van der Waals surface area contributed by atoms with Crippen LogP contribution >= 0.6 is 0 Å². The summed E-state index contributed by atoms with van der Waals surface area (Å²) in [4.78, 5) is 22.4. The Kier molecular flexibility index (Phi) is 3.22. The van der Waals surface area contributed by atoms with E-state index in [0.29, 0.717) is 0 Å². The molecule has 0 radical (unpaired) electrons. The molecule has 104 valence electrons. The smallest absolute Gasteiger partial charge is 0.220 e. The summed E-state index contributed by atoms with van der Waals surface area (Å²) in [7, 11) is 1.87. The first-order valence-electron chi connectivity index (χ1n) is 6.74. The Morgan fingerprint density at radius 3 is 2.80 bits per heavy atom. The predicted molar refractivity (Wildman–Crippen MR) is 73.6 cm³/mol. The molecular formula is C14H17N5O. The number of likely N-dealkylation sites (tertiary alicyclic amines) is 1. The van der Waals surface area contributed by atoms with Crippen LogP contribution in [0.3, 0.4) is 0 Å². The van der Waals surface area contributed by atoms with Crippen molar-refractivity contribution in [2.75, 3.05) is 6.54 Å². The Morgan fingerprint density at radius 2 is 2.20 bits per heavy atom. The number of rotatable bonds is 2. The summed E-state index contributed by atoms with van der Waals surface area (Å²) in [6, 6.07) is 1.97. The van der Waals surface area contributed by atoms with E-state index in [2.05, 4.69) is 15.1 Å². The lowest BCUT2D eigenvalue weighted by Gasteiger charge is -2.22. The minimum atomic E-state index is 0.0700. The third-order valence-electron chi connectivity index (χ3n) is 3.75. The number of carbonyl (C=O) groups excluding carboxylic acids is 1. The molecule has 0 spiro atoms. The number of hydrogen-bond acceptors (Lipinski definition) is 4. The van der Waals surface area contributed by atoms with Crippen LogP contribution in [0.4, 0.5) is 0 Å². The summed E-state index contributed by atoms with van der Waals surface area (Å²) in [6.07, 6.45) is 7.24. The van der Waals surface area contributed by atoms with Crippen LogP contribution < -0.4 is 0 Å². The average molecular weight is 271 g/mol. The van der Waals surface area contributed by atoms with Crippen LogP contribution in [0.15, 0.2) is 24.7 Å². The number of nitrogens with zero attached hydrogens (tertiary/aromatic N) is 5. The van der Waals surface area contributed by atoms with Gasteiger partial charge in [-0.25, -0.2) is 0 Å². The largest absolute Gasteiger partial charge is 0.334 e. The highest BCUT2D eigenvalue weighted by Gasteiger charge is 2.29. The van der Waals surface area contributed by atoms with Crippen LogP contribution in [0.25, 0.3) is 11.4 Å². The molecule has 3 rings (SSSR count). The molecule has 1 fully saturated rings. The summed E-state index contributed by atoms with van der Waals surface area (Å²) < 4.78 is 1.77. The number of aryl methyl sites for hydroxylation is 1. The molecule has 0 N–H and O–H groups in total. The lowest BCUT2D eigenvalue weighted by molar-refractivity contribution is -0.129. The maximum Gasteiger partial charge on any atom is 0.220 e. The van der Waals surface area contributed by atoms with Gasteiger partial charge in [0.05, 0.1) is 29.8 Å². The second-order valence-corrected chi connectivity index (χ2v) is 5.04. The van der Waals surface area contributed by atoms with Gasteiger partial charge in [0.15, 0.2) is 0 Å². The van der Waals surface area contributed by atoms with E-state index in [1.54, 1.807) is 30.2 Å². The Balaban J connectivity index is 1.86. The first-order chi connectivity index (χ1) is 9.66. The maximum absolute atomic E-state index is 11.6. The van der Waals surface area contributed by atoms with Gasteiger partial charge in [-0.1, -0.05) is 0 Å². The van der Waals surface area contributed by atoms with E-state index in [1.165, 1.54) is 0 Å². The van der Waals surface area contributed by atoms with Crippen molar-refractivity contribution in [3.05, 3.63) is 30.4 Å². The topological polar surface area (TPSA) is 63.9 Å². The zero-order valence-corrected chi connectivity index (χ0v) is 11.7. The standard InChI is InChI=1S/C14H17N5O/c1-10(20)19-7-3-4-14(19)12-9-15-11(8-16-12)13-5-6-17-18(13)2/h5-6,8-9,14H,3-4,7H2,1-2H3. The number of carbonyl (C=O) groups is 1. The van der Waals surface area contributed by atoms with E-state index in [0.717, 1.165) is 36.5 Å². The molecule has 0 aromatic carbocycles. The summed E-state index contributed by atoms with van der Waals surface area (Å²) in [5.74, 6) is 0.102. The van der Waals surface area contributed by atoms with Crippen molar-refractivity contribution < 1.29 is 4.79 Å². The maximum atomic E-state index is 11.6. The van der Waals surface area contributed by atoms with Crippen LogP contribution in [0.1, 0.15) is 31.5 Å². The number of aromatic nitrogens is 4. The summed E-state index contributed by atoms with van der Waals surface area (Å²) in [6.45, 7) is 2.42. The highest BCUT2D eigenvalue weighted by molar-refractivity contribution is 5.74. The van der Waals surface area contributed by atoms with E-state index < -0.39 is 0 Å². The Hall–Kier alpha value is -2.24. The van der Waals surface area contributed by atoms with E-state index in [-0.39, 0.29) is 11.9 Å². The molecule has 6 nitrogen and oxygen atoms in total. The van der Waals surface area contributed by atoms with E-state index in [1.807, 2.05) is 18.0 Å². The predicted octanol–water partition coefficient (Wildman–Crippen LogP) is 1.56. The molecule has 20 heavy (non-hydrogen) atoms. The first-order valence-corrected chi connectivity index (χ1v) is 6.74. The molecule has 2 aromatic rings. The van der Waals surface area contributed by atoms with Gasteiger partial charge < -0.3 is 4.90 Å². The number of amides is 1. The molecule has 0 saturated carbocycles. The monoisotopic (exact) mass is 271 g/mol. The van der Waals surface area contributed by atoms with Gasteiger partial charge in [0, 0.05) is 26.7 Å². The Labute approximate surface area is 117 Å². The van der Waals surface area contributed by atoms with Gasteiger partial charge in [0.1, 0.15) is 5.69 Å². The average Bonchev–Trinajstić information content (AvgIpc) is 3.07. The third-order valence-corrected chi connectivity index (χ3v) is 3.75. The lowest BCUT2D eigenvalue weighted by atomic mass is 10.1. The fraction of sp³-hybridized carbons (Fsp3) is 0.429. The van der Waals surface area contributed by atoms with Crippen molar-refractivity contribution in [1.29, 1.82) is 0 Å². The van der Waals surface area contributed by atoms with Gasteiger partial charge >= 0.3 is 0 Å². The van der Waals surface area contributed by atoms with Gasteiger partial charge in [0.25, 0.3) is 0 Å². The minimum absolute atomic E-state index is 0.0700. The molecule has 0 aliphatic carbocycles. The van der Waals surface area contributed by atoms with E-state index in [4.69, 9.17) is 0 Å². The van der Waals surface area contributed by atoms with E-state index in [9.17, 15) is 4.79 Å². The quantitative estimate of drug-likeness (QED) is 0.831. The van der Waals surface area contributed by atoms with Crippen LogP contribution in [0, 0.1) is 0 Å². The highest BCUT2D eigenvalue weighted by atomic mass is 16.2. The zero-order chi connectivity index (χ0) is 14.1. The van der Waals surface area contributed by atoms with Crippen LogP contribution in [-0.4, -0.2) is 37.1 Å². The van der Waals surface area contributed by atoms with Crippen molar-refractivity contribution >= 4 is 5.91 Å². The SMILES string of the molecule is CC(=O)N1CCCC1c1cnc(-c2ccnn2C)cn1. The van der Waals surface area contributed by atoms with Gasteiger partial charge in [0.2, 0.25) is 5.91 Å². The van der Waals surface area contributed by atoms with Gasteiger partial charge in [-0.2, -0.15) is 5.10 Å². The van der Waals surface area contributed by atoms with Crippen molar-refractivity contribution in [3.63, 3.8) is 0 Å². The normalized spacial score (nSPS) is 18.5. The van der Waals surface area contributed by atoms with Crippen molar-refractivity contribution in [3.8, 4) is 11.4 Å².